The summed E-state index contributed by atoms with van der Waals surface area (Å²) in [5.74, 6) is 0. The molecule has 0 aromatic heterocycles. The summed E-state index contributed by atoms with van der Waals surface area (Å²) in [6.45, 7) is 0. The van der Waals surface area contributed by atoms with E-state index in [1.54, 1.807) is 0 Å². The van der Waals surface area contributed by atoms with Crippen LogP contribution in [0.3, 0.4) is 0 Å². The Bertz CT molecular complexity index is 825. The van der Waals surface area contributed by atoms with E-state index < -0.39 is 21.5 Å². The minimum atomic E-state index is -0.793. The predicted octanol–water partition coefficient (Wildman–Crippen LogP) is 5.98. The zero-order valence-corrected chi connectivity index (χ0v) is 22.7. The Kier molecular flexibility index (Phi) is 11.1. The van der Waals surface area contributed by atoms with Crippen LogP contribution in [0, 0.1) is 0 Å². The second-order valence-electron chi connectivity index (χ2n) is 6.85. The molecule has 4 aromatic rings. The molecule has 0 saturated carbocycles. The number of halogens is 2. The van der Waals surface area contributed by atoms with Gasteiger partial charge in [0.05, 0.1) is 24.7 Å². The fraction of sp³-hybridized carbons (Fsp3) is 0.0769. The molecule has 0 aliphatic heterocycles. The monoisotopic (exact) mass is 543 g/mol. The summed E-state index contributed by atoms with van der Waals surface area (Å²) in [6.07, 6.45) is 2.47. The maximum atomic E-state index is 4.89. The summed E-state index contributed by atoms with van der Waals surface area (Å²) in [5.41, 5.74) is 0. The molecule has 0 spiro atoms. The van der Waals surface area contributed by atoms with E-state index in [0.717, 1.165) is 0 Å². The summed E-state index contributed by atoms with van der Waals surface area (Å²) >= 11 is -0.556. The minimum absolute atomic E-state index is 0.339. The van der Waals surface area contributed by atoms with E-state index in [2.05, 4.69) is 121 Å². The predicted molar refractivity (Wildman–Crippen MR) is 147 cm³/mol. The Morgan fingerprint density at radius 2 is 0.871 bits per heavy atom. The molecular formula is C26H25Cl2GeP2+. The van der Waals surface area contributed by atoms with Crippen molar-refractivity contribution < 1.29 is 0 Å². The standard InChI is InChI=1S/C26H24P2.Cl2Ge/c1-5-13-23(14-6-1)27(24-15-7-2-8-16-24)21-22-28(25-17-9-3-10-18-25)26-19-11-4-12-20-26;1-3-2/h1-20H,21-22H2;/p+1. The third kappa shape index (κ3) is 7.74. The topological polar surface area (TPSA) is 0 Å². The molecule has 0 atom stereocenters. The van der Waals surface area contributed by atoms with Crippen molar-refractivity contribution in [3.8, 4) is 0 Å². The van der Waals surface area contributed by atoms with Crippen molar-refractivity contribution in [2.75, 3.05) is 12.3 Å². The molecule has 0 saturated heterocycles. The van der Waals surface area contributed by atoms with Crippen molar-refractivity contribution in [1.29, 1.82) is 0 Å². The number of benzene rings is 4. The van der Waals surface area contributed by atoms with Crippen LogP contribution in [-0.2, 0) is 0 Å². The molecule has 0 bridgehead atoms. The van der Waals surface area contributed by atoms with Gasteiger partial charge in [0.25, 0.3) is 0 Å². The van der Waals surface area contributed by atoms with Crippen LogP contribution in [0.25, 0.3) is 0 Å². The van der Waals surface area contributed by atoms with Crippen LogP contribution in [0.2, 0.25) is 0 Å². The minimum Gasteiger partial charge on any atom is -0.0622 e. The van der Waals surface area contributed by atoms with Crippen LogP contribution in [0.4, 0.5) is 0 Å². The van der Waals surface area contributed by atoms with Crippen molar-refractivity contribution in [2.24, 2.45) is 0 Å². The number of hydrogen-bond donors (Lipinski definition) is 0. The van der Waals surface area contributed by atoms with Gasteiger partial charge in [0.2, 0.25) is 0 Å². The molecule has 0 fully saturated rings. The third-order valence-electron chi connectivity index (χ3n) is 4.97. The van der Waals surface area contributed by atoms with Gasteiger partial charge in [-0.2, -0.15) is 0 Å². The van der Waals surface area contributed by atoms with Crippen molar-refractivity contribution >= 4 is 70.7 Å². The second-order valence-corrected chi connectivity index (χ2v) is 15.1. The Labute approximate surface area is 203 Å². The zero-order valence-electron chi connectivity index (χ0n) is 17.2. The molecule has 0 unspecified atom stereocenters. The third-order valence-corrected chi connectivity index (χ3v) is 10.7. The molecule has 4 aromatic carbocycles. The summed E-state index contributed by atoms with van der Waals surface area (Å²) in [4.78, 5) is 0. The van der Waals surface area contributed by atoms with Crippen LogP contribution in [0.5, 0.6) is 0 Å². The van der Waals surface area contributed by atoms with E-state index >= 15 is 0 Å². The van der Waals surface area contributed by atoms with Gasteiger partial charge in [-0.1, -0.05) is 97.1 Å². The van der Waals surface area contributed by atoms with Crippen molar-refractivity contribution in [3.05, 3.63) is 121 Å². The summed E-state index contributed by atoms with van der Waals surface area (Å²) < 4.78 is 0. The Morgan fingerprint density at radius 1 is 0.548 bits per heavy atom. The zero-order chi connectivity index (χ0) is 21.7. The van der Waals surface area contributed by atoms with Crippen LogP contribution >= 0.6 is 35.9 Å². The van der Waals surface area contributed by atoms with Gasteiger partial charge in [0, 0.05) is 6.16 Å². The molecule has 5 heteroatoms. The number of hydrogen-bond acceptors (Lipinski definition) is 0. The Morgan fingerprint density at radius 3 is 1.23 bits per heavy atom. The maximum Gasteiger partial charge on any atom is 0.0967 e. The largest absolute Gasteiger partial charge is 0.0967 e. The maximum absolute atomic E-state index is 4.89. The van der Waals surface area contributed by atoms with Crippen LogP contribution in [0.1, 0.15) is 0 Å². The van der Waals surface area contributed by atoms with E-state index in [0.29, 0.717) is 0 Å². The molecule has 0 aliphatic rings. The van der Waals surface area contributed by atoms with Gasteiger partial charge in [-0.15, -0.1) is 0 Å². The van der Waals surface area contributed by atoms with E-state index in [-0.39, 0.29) is 7.92 Å². The van der Waals surface area contributed by atoms with Gasteiger partial charge >= 0.3 is 33.6 Å². The van der Waals surface area contributed by atoms with Crippen LogP contribution in [-0.4, -0.2) is 25.9 Å². The first-order valence-corrected chi connectivity index (χ1v) is 18.9. The molecule has 2 radical (unpaired) electrons. The van der Waals surface area contributed by atoms with Crippen LogP contribution in [0.15, 0.2) is 121 Å². The van der Waals surface area contributed by atoms with Crippen LogP contribution < -0.4 is 21.2 Å². The first kappa shape index (κ1) is 24.5. The van der Waals surface area contributed by atoms with Crippen molar-refractivity contribution in [3.63, 3.8) is 0 Å². The molecule has 156 valence electrons. The Hall–Kier alpha value is -1.14. The van der Waals surface area contributed by atoms with E-state index in [4.69, 9.17) is 20.0 Å². The fourth-order valence-electron chi connectivity index (χ4n) is 3.58. The van der Waals surface area contributed by atoms with Gasteiger partial charge in [-0.3, -0.25) is 0 Å². The smallest absolute Gasteiger partial charge is 0.0622 e. The summed E-state index contributed by atoms with van der Waals surface area (Å²) in [7, 11) is 8.65. The molecule has 0 nitrogen and oxygen atoms in total. The summed E-state index contributed by atoms with van der Waals surface area (Å²) in [5, 5.41) is 5.97. The average molecular weight is 543 g/mol. The van der Waals surface area contributed by atoms with Gasteiger partial charge < -0.3 is 0 Å². The molecule has 0 aliphatic carbocycles. The molecule has 31 heavy (non-hydrogen) atoms. The van der Waals surface area contributed by atoms with E-state index in [9.17, 15) is 0 Å². The van der Waals surface area contributed by atoms with Gasteiger partial charge in [0.15, 0.2) is 0 Å². The van der Waals surface area contributed by atoms with Gasteiger partial charge in [-0.25, -0.2) is 0 Å². The van der Waals surface area contributed by atoms with E-state index in [1.807, 2.05) is 0 Å². The second kappa shape index (κ2) is 14.1. The molecule has 0 amide bonds. The molecule has 0 heterocycles. The van der Waals surface area contributed by atoms with Crippen molar-refractivity contribution in [1.82, 2.24) is 0 Å². The SMILES string of the molecule is [Cl][Ge][Cl].c1ccc(P(CC[PH+](c2ccccc2)c2ccccc2)c2ccccc2)cc1. The first-order valence-electron chi connectivity index (χ1n) is 10.1. The molecule has 0 N–H and O–H groups in total. The molecule has 4 rings (SSSR count). The normalized spacial score (nSPS) is 10.6. The molecular weight excluding hydrogens is 518 g/mol. The summed E-state index contributed by atoms with van der Waals surface area (Å²) in [6, 6.07) is 44.4. The Balaban J connectivity index is 0.000000858. The van der Waals surface area contributed by atoms with Gasteiger partial charge in [0.1, 0.15) is 0 Å². The average Bonchev–Trinajstić information content (AvgIpc) is 2.85. The van der Waals surface area contributed by atoms with Gasteiger partial charge in [-0.05, 0) is 42.8 Å². The first-order chi connectivity index (χ1) is 15.3. The quantitative estimate of drug-likeness (QED) is 0.199. The van der Waals surface area contributed by atoms with Crippen molar-refractivity contribution in [2.45, 2.75) is 0 Å². The number of rotatable bonds is 7. The van der Waals surface area contributed by atoms with E-state index in [1.165, 1.54) is 33.5 Å². The fourth-order valence-corrected chi connectivity index (χ4v) is 9.35.